The summed E-state index contributed by atoms with van der Waals surface area (Å²) in [4.78, 5) is 0.207. The number of thiocarbonyl (C=S) groups is 1. The van der Waals surface area contributed by atoms with E-state index < -0.39 is 37.4 Å². The van der Waals surface area contributed by atoms with Gasteiger partial charge in [0.2, 0.25) is 10.0 Å². The Kier molecular flexibility index (Phi) is 5.80. The molecule has 0 saturated heterocycles. The highest BCUT2D eigenvalue weighted by Gasteiger charge is 2.17. The minimum atomic E-state index is -3.60. The van der Waals surface area contributed by atoms with Crippen molar-refractivity contribution in [1.82, 2.24) is 4.72 Å². The quantitative estimate of drug-likeness (QED) is 0.583. The van der Waals surface area contributed by atoms with Gasteiger partial charge in [0.25, 0.3) is 0 Å². The van der Waals surface area contributed by atoms with Crippen LogP contribution in [0.4, 0.5) is 0 Å². The van der Waals surface area contributed by atoms with E-state index in [2.05, 4.69) is 16.9 Å². The molecular weight excluding hydrogens is 272 g/mol. The van der Waals surface area contributed by atoms with E-state index in [0.717, 1.165) is 6.26 Å². The molecule has 1 unspecified atom stereocenters. The fraction of sp³-hybridized carbons (Fsp3) is 0.857. The maximum Gasteiger partial charge on any atom is 0.212 e. The Morgan fingerprint density at radius 1 is 1.31 bits per heavy atom. The number of nitrogens with one attached hydrogen (secondary N) is 1. The molecule has 0 aliphatic rings. The van der Waals surface area contributed by atoms with Crippen LogP contribution in [0.15, 0.2) is 0 Å². The second-order valence-electron chi connectivity index (χ2n) is 3.64. The third-order valence-electron chi connectivity index (χ3n) is 1.61. The SMILES string of the molecule is CC(CC(N)=S)NS(=O)(=O)CCS(C)(=O)=O. The summed E-state index contributed by atoms with van der Waals surface area (Å²) in [6.07, 6.45) is 1.23. The Bertz CT molecular complexity index is 440. The zero-order valence-corrected chi connectivity index (χ0v) is 11.6. The monoisotopic (exact) mass is 288 g/mol. The Morgan fingerprint density at radius 3 is 2.19 bits per heavy atom. The first kappa shape index (κ1) is 15.8. The summed E-state index contributed by atoms with van der Waals surface area (Å²) in [5.41, 5.74) is 5.26. The van der Waals surface area contributed by atoms with E-state index in [0.29, 0.717) is 0 Å². The van der Waals surface area contributed by atoms with Crippen LogP contribution in [0.25, 0.3) is 0 Å². The van der Waals surface area contributed by atoms with Gasteiger partial charge in [-0.15, -0.1) is 0 Å². The lowest BCUT2D eigenvalue weighted by Gasteiger charge is -2.12. The van der Waals surface area contributed by atoms with Gasteiger partial charge in [0.1, 0.15) is 9.84 Å². The van der Waals surface area contributed by atoms with E-state index in [4.69, 9.17) is 5.73 Å². The Labute approximate surface area is 102 Å². The van der Waals surface area contributed by atoms with Crippen molar-refractivity contribution in [3.63, 3.8) is 0 Å². The van der Waals surface area contributed by atoms with Gasteiger partial charge in [-0.05, 0) is 6.92 Å². The second kappa shape index (κ2) is 5.89. The van der Waals surface area contributed by atoms with Gasteiger partial charge in [-0.3, -0.25) is 0 Å². The van der Waals surface area contributed by atoms with Crippen molar-refractivity contribution in [2.45, 2.75) is 19.4 Å². The highest BCUT2D eigenvalue weighted by molar-refractivity contribution is 7.93. The van der Waals surface area contributed by atoms with Gasteiger partial charge in [-0.25, -0.2) is 21.6 Å². The van der Waals surface area contributed by atoms with Crippen LogP contribution in [0, 0.1) is 0 Å². The summed E-state index contributed by atoms with van der Waals surface area (Å²) in [5, 5.41) is 0. The molecule has 0 aliphatic heterocycles. The fourth-order valence-electron chi connectivity index (χ4n) is 0.970. The van der Waals surface area contributed by atoms with E-state index in [1.807, 2.05) is 0 Å². The lowest BCUT2D eigenvalue weighted by Crippen LogP contribution is -2.38. The van der Waals surface area contributed by atoms with Gasteiger partial charge in [-0.2, -0.15) is 0 Å². The largest absolute Gasteiger partial charge is 0.393 e. The van der Waals surface area contributed by atoms with Gasteiger partial charge in [0, 0.05) is 18.7 Å². The molecule has 9 heteroatoms. The fourth-order valence-corrected chi connectivity index (χ4v) is 4.12. The standard InChI is InChI=1S/C7H16N2O4S3/c1-6(5-7(8)14)9-16(12,13)4-3-15(2,10)11/h6,9H,3-5H2,1-2H3,(H2,8,14). The van der Waals surface area contributed by atoms with E-state index in [9.17, 15) is 16.8 Å². The van der Waals surface area contributed by atoms with Gasteiger partial charge in [0.05, 0.1) is 16.5 Å². The first-order valence-electron chi connectivity index (χ1n) is 4.48. The molecule has 0 aromatic heterocycles. The van der Waals surface area contributed by atoms with Crippen molar-refractivity contribution < 1.29 is 16.8 Å². The smallest absolute Gasteiger partial charge is 0.212 e. The summed E-state index contributed by atoms with van der Waals surface area (Å²) in [6, 6.07) is -0.429. The predicted octanol–water partition coefficient (Wildman–Crippen LogP) is -0.985. The molecular formula is C7H16N2O4S3. The number of nitrogens with two attached hydrogens (primary N) is 1. The van der Waals surface area contributed by atoms with E-state index in [1.165, 1.54) is 0 Å². The van der Waals surface area contributed by atoms with E-state index in [1.54, 1.807) is 6.92 Å². The average Bonchev–Trinajstić information content (AvgIpc) is 1.96. The Morgan fingerprint density at radius 2 is 1.81 bits per heavy atom. The number of sulfonamides is 1. The topological polar surface area (TPSA) is 106 Å². The molecule has 0 spiro atoms. The van der Waals surface area contributed by atoms with Crippen LogP contribution >= 0.6 is 12.2 Å². The maximum atomic E-state index is 11.4. The average molecular weight is 288 g/mol. The number of hydrogen-bond donors (Lipinski definition) is 2. The molecule has 96 valence electrons. The van der Waals surface area contributed by atoms with Crippen molar-refractivity contribution in [3.05, 3.63) is 0 Å². The zero-order valence-electron chi connectivity index (χ0n) is 9.13. The maximum absolute atomic E-state index is 11.4. The summed E-state index contributed by atoms with van der Waals surface area (Å²) in [5.74, 6) is -0.852. The Hall–Kier alpha value is -0.250. The molecule has 0 aromatic carbocycles. The van der Waals surface area contributed by atoms with Gasteiger partial charge < -0.3 is 5.73 Å². The number of rotatable bonds is 7. The lowest BCUT2D eigenvalue weighted by atomic mass is 10.3. The zero-order chi connectivity index (χ0) is 13.0. The second-order valence-corrected chi connectivity index (χ2v) is 8.30. The van der Waals surface area contributed by atoms with Crippen molar-refractivity contribution in [2.75, 3.05) is 17.8 Å². The van der Waals surface area contributed by atoms with Crippen LogP contribution in [-0.2, 0) is 19.9 Å². The highest BCUT2D eigenvalue weighted by Crippen LogP contribution is 1.96. The molecule has 0 heterocycles. The van der Waals surface area contributed by atoms with Gasteiger partial charge in [-0.1, -0.05) is 12.2 Å². The van der Waals surface area contributed by atoms with Gasteiger partial charge >= 0.3 is 0 Å². The third-order valence-corrected chi connectivity index (χ3v) is 4.48. The molecule has 1 atom stereocenters. The Balaban J connectivity index is 4.31. The minimum Gasteiger partial charge on any atom is -0.393 e. The van der Waals surface area contributed by atoms with Crippen molar-refractivity contribution >= 4 is 37.1 Å². The van der Waals surface area contributed by atoms with E-state index in [-0.39, 0.29) is 11.4 Å². The number of sulfone groups is 1. The first-order valence-corrected chi connectivity index (χ1v) is 8.60. The van der Waals surface area contributed by atoms with Crippen LogP contribution in [0.3, 0.4) is 0 Å². The first-order chi connectivity index (χ1) is 7.02. The molecule has 0 amide bonds. The molecule has 3 N–H and O–H groups in total. The molecule has 0 fully saturated rings. The molecule has 0 aromatic rings. The summed E-state index contributed by atoms with van der Waals surface area (Å²) < 4.78 is 46.7. The van der Waals surface area contributed by atoms with Crippen molar-refractivity contribution in [3.8, 4) is 0 Å². The van der Waals surface area contributed by atoms with Crippen LogP contribution in [0.2, 0.25) is 0 Å². The summed E-state index contributed by atoms with van der Waals surface area (Å²) in [6.45, 7) is 1.61. The molecule has 6 nitrogen and oxygen atoms in total. The number of hydrogen-bond acceptors (Lipinski definition) is 5. The molecule has 16 heavy (non-hydrogen) atoms. The van der Waals surface area contributed by atoms with Crippen LogP contribution < -0.4 is 10.5 Å². The van der Waals surface area contributed by atoms with Crippen LogP contribution in [0.5, 0.6) is 0 Å². The van der Waals surface area contributed by atoms with Gasteiger partial charge in [0.15, 0.2) is 0 Å². The predicted molar refractivity (Wildman–Crippen MR) is 67.5 cm³/mol. The summed E-state index contributed by atoms with van der Waals surface area (Å²) >= 11 is 4.63. The highest BCUT2D eigenvalue weighted by atomic mass is 32.2. The van der Waals surface area contributed by atoms with E-state index >= 15 is 0 Å². The van der Waals surface area contributed by atoms with Crippen molar-refractivity contribution in [2.24, 2.45) is 5.73 Å². The molecule has 0 radical (unpaired) electrons. The third kappa shape index (κ3) is 9.01. The normalized spacial score (nSPS) is 14.6. The van der Waals surface area contributed by atoms with Crippen LogP contribution in [0.1, 0.15) is 13.3 Å². The van der Waals surface area contributed by atoms with Crippen molar-refractivity contribution in [1.29, 1.82) is 0 Å². The summed E-state index contributed by atoms with van der Waals surface area (Å²) in [7, 11) is -6.89. The molecule has 0 aliphatic carbocycles. The molecule has 0 saturated carbocycles. The molecule has 0 rings (SSSR count). The molecule has 0 bridgehead atoms. The van der Waals surface area contributed by atoms with Crippen LogP contribution in [-0.4, -0.2) is 45.6 Å². The lowest BCUT2D eigenvalue weighted by molar-refractivity contribution is 0.564. The minimum absolute atomic E-state index is 0.207.